The van der Waals surface area contributed by atoms with E-state index in [1.165, 1.54) is 9.80 Å². The van der Waals surface area contributed by atoms with E-state index in [0.717, 1.165) is 0 Å². The molecule has 0 heterocycles. The van der Waals surface area contributed by atoms with Gasteiger partial charge >= 0.3 is 42.7 Å². The molecule has 0 aliphatic rings. The third-order valence-electron chi connectivity index (χ3n) is 2.91. The first kappa shape index (κ1) is 27.5. The molecule has 0 amide bonds. The summed E-state index contributed by atoms with van der Waals surface area (Å²) in [6.45, 7) is -0.790. The molecule has 12 nitrogen and oxygen atoms in total. The van der Waals surface area contributed by atoms with Gasteiger partial charge < -0.3 is 31.3 Å². The van der Waals surface area contributed by atoms with Gasteiger partial charge in [-0.1, -0.05) is 0 Å². The van der Waals surface area contributed by atoms with Crippen LogP contribution in [-0.4, -0.2) is 120 Å². The van der Waals surface area contributed by atoms with Crippen molar-refractivity contribution >= 4 is 23.9 Å². The molecule has 0 radical (unpaired) electrons. The maximum Gasteiger partial charge on any atom is 1.00 e. The van der Waals surface area contributed by atoms with Gasteiger partial charge in [-0.15, -0.1) is 0 Å². The van der Waals surface area contributed by atoms with Crippen molar-refractivity contribution in [3.63, 3.8) is 0 Å². The second-order valence-electron chi connectivity index (χ2n) is 5.22. The fourth-order valence-corrected chi connectivity index (χ4v) is 1.90. The summed E-state index contributed by atoms with van der Waals surface area (Å²) in [5.74, 6) is -4.55. The van der Waals surface area contributed by atoms with Crippen LogP contribution in [-0.2, 0) is 28.7 Å². The molecule has 152 valence electrons. The molecule has 0 unspecified atom stereocenters. The number of nitrogens with zero attached hydrogens (tertiary/aromatic N) is 2. The molecular formula is C14H25LiN2O10. The van der Waals surface area contributed by atoms with Gasteiger partial charge in [-0.25, -0.2) is 0 Å². The van der Waals surface area contributed by atoms with Gasteiger partial charge in [-0.2, -0.15) is 0 Å². The molecule has 0 aliphatic carbocycles. The zero-order valence-corrected chi connectivity index (χ0v) is 15.2. The van der Waals surface area contributed by atoms with Crippen LogP contribution in [0.15, 0.2) is 0 Å². The van der Waals surface area contributed by atoms with Crippen LogP contribution < -0.4 is 18.9 Å². The van der Waals surface area contributed by atoms with E-state index >= 15 is 0 Å². The number of carboxylic acid groups (broad SMARTS) is 4. The monoisotopic (exact) mass is 388 g/mol. The second kappa shape index (κ2) is 16.5. The molecule has 0 aromatic rings. The molecule has 4 N–H and O–H groups in total. The topological polar surface area (TPSA) is 174 Å². The Hall–Kier alpha value is -1.68. The van der Waals surface area contributed by atoms with Gasteiger partial charge in [-0.3, -0.25) is 29.0 Å². The minimum absolute atomic E-state index is 0. The number of carboxylic acids is 4. The number of aliphatic carboxylic acids is 4. The molecule has 0 aliphatic heterocycles. The van der Waals surface area contributed by atoms with E-state index < -0.39 is 50.1 Å². The van der Waals surface area contributed by atoms with Crippen LogP contribution >= 0.6 is 0 Å². The predicted octanol–water partition coefficient (Wildman–Crippen LogP) is -4.92. The summed E-state index contributed by atoms with van der Waals surface area (Å²) in [7, 11) is 0. The number of hydrogen-bond donors (Lipinski definition) is 4. The molecule has 0 rings (SSSR count). The quantitative estimate of drug-likeness (QED) is 0.138. The molecule has 0 atom stereocenters. The Balaban J connectivity index is -0.00000312. The van der Waals surface area contributed by atoms with E-state index in [4.69, 9.17) is 29.9 Å². The van der Waals surface area contributed by atoms with Crippen molar-refractivity contribution in [3.8, 4) is 0 Å². The van der Waals surface area contributed by atoms with Crippen molar-refractivity contribution in [1.29, 1.82) is 0 Å². The van der Waals surface area contributed by atoms with Crippen LogP contribution in [0.1, 0.15) is 1.43 Å². The third-order valence-corrected chi connectivity index (χ3v) is 2.91. The molecule has 0 spiro atoms. The van der Waals surface area contributed by atoms with Gasteiger partial charge in [0.1, 0.15) is 0 Å². The van der Waals surface area contributed by atoms with Crippen LogP contribution in [0.4, 0.5) is 0 Å². The van der Waals surface area contributed by atoms with E-state index in [1.54, 1.807) is 0 Å². The van der Waals surface area contributed by atoms with Gasteiger partial charge in [-0.05, 0) is 0 Å². The van der Waals surface area contributed by atoms with Gasteiger partial charge in [0.15, 0.2) is 0 Å². The zero-order chi connectivity index (χ0) is 19.9. The minimum Gasteiger partial charge on any atom is -1.00 e. The maximum atomic E-state index is 10.6. The van der Waals surface area contributed by atoms with Crippen LogP contribution in [0.5, 0.6) is 0 Å². The summed E-state index contributed by atoms with van der Waals surface area (Å²) < 4.78 is 10.4. The smallest absolute Gasteiger partial charge is 1.00 e. The van der Waals surface area contributed by atoms with Crippen LogP contribution in [0.25, 0.3) is 0 Å². The first-order chi connectivity index (χ1) is 12.2. The van der Waals surface area contributed by atoms with Gasteiger partial charge in [0.25, 0.3) is 0 Å². The van der Waals surface area contributed by atoms with E-state index in [2.05, 4.69) is 0 Å². The Kier molecular flexibility index (Phi) is 16.8. The number of hydrogen-bond acceptors (Lipinski definition) is 8. The summed E-state index contributed by atoms with van der Waals surface area (Å²) in [6, 6.07) is 0. The standard InChI is InChI=1S/C14H24N2O10.Li.H/c17-11(18)7-15(8-12(19)20)1-3-25-5-6-26-4-2-16(9-13(21)22)10-14(23)24;;/h1-10H2,(H,17,18)(H,19,20)(H,21,22)(H,23,24);;/q;+1;-1. The molecule has 0 bridgehead atoms. The summed E-state index contributed by atoms with van der Waals surface area (Å²) in [4.78, 5) is 44.9. The van der Waals surface area contributed by atoms with Crippen LogP contribution in [0.2, 0.25) is 0 Å². The van der Waals surface area contributed by atoms with Crippen molar-refractivity contribution in [2.75, 3.05) is 65.7 Å². The van der Waals surface area contributed by atoms with Gasteiger partial charge in [0, 0.05) is 13.1 Å². The maximum absolute atomic E-state index is 10.6. The van der Waals surface area contributed by atoms with Gasteiger partial charge in [0.2, 0.25) is 0 Å². The normalized spacial score (nSPS) is 10.6. The average Bonchev–Trinajstić information content (AvgIpc) is 2.47. The first-order valence-corrected chi connectivity index (χ1v) is 7.68. The average molecular weight is 388 g/mol. The van der Waals surface area contributed by atoms with Crippen molar-refractivity contribution in [3.05, 3.63) is 0 Å². The van der Waals surface area contributed by atoms with Crippen molar-refractivity contribution < 1.29 is 69.4 Å². The first-order valence-electron chi connectivity index (χ1n) is 7.68. The number of carbonyl (C=O) groups is 4. The third kappa shape index (κ3) is 18.9. The predicted molar refractivity (Wildman–Crippen MR) is 86.2 cm³/mol. The second-order valence-corrected chi connectivity index (χ2v) is 5.22. The fraction of sp³-hybridized carbons (Fsp3) is 0.714. The Morgan fingerprint density at radius 3 is 1.07 bits per heavy atom. The van der Waals surface area contributed by atoms with E-state index in [1.807, 2.05) is 0 Å². The molecule has 0 aromatic carbocycles. The van der Waals surface area contributed by atoms with Gasteiger partial charge in [0.05, 0.1) is 52.6 Å². The van der Waals surface area contributed by atoms with Crippen LogP contribution in [0, 0.1) is 0 Å². The van der Waals surface area contributed by atoms with E-state index in [-0.39, 0.29) is 59.8 Å². The fourth-order valence-electron chi connectivity index (χ4n) is 1.90. The molecule has 0 fully saturated rings. The van der Waals surface area contributed by atoms with E-state index in [9.17, 15) is 19.2 Å². The Labute approximate surface area is 169 Å². The summed E-state index contributed by atoms with van der Waals surface area (Å²) in [5, 5.41) is 34.7. The van der Waals surface area contributed by atoms with E-state index in [0.29, 0.717) is 0 Å². The van der Waals surface area contributed by atoms with Crippen LogP contribution in [0.3, 0.4) is 0 Å². The Morgan fingerprint density at radius 1 is 0.593 bits per heavy atom. The Morgan fingerprint density at radius 2 is 0.852 bits per heavy atom. The summed E-state index contributed by atoms with van der Waals surface area (Å²) in [5.41, 5.74) is 0. The molecule has 0 aromatic heterocycles. The van der Waals surface area contributed by atoms with Crippen molar-refractivity contribution in [1.82, 2.24) is 9.80 Å². The molecule has 0 saturated heterocycles. The molecular weight excluding hydrogens is 363 g/mol. The Bertz CT molecular complexity index is 409. The molecule has 0 saturated carbocycles. The molecule has 27 heavy (non-hydrogen) atoms. The SMILES string of the molecule is O=C(O)CN(CCOCCOCCN(CC(=O)O)CC(=O)O)CC(=O)O.[H-].[Li+]. The molecule has 13 heteroatoms. The number of ether oxygens (including phenoxy) is 2. The van der Waals surface area contributed by atoms with Crippen molar-refractivity contribution in [2.45, 2.75) is 0 Å². The largest absolute Gasteiger partial charge is 1.00 e. The number of rotatable bonds is 17. The summed E-state index contributed by atoms with van der Waals surface area (Å²) >= 11 is 0. The zero-order valence-electron chi connectivity index (χ0n) is 16.2. The minimum atomic E-state index is -1.14. The van der Waals surface area contributed by atoms with Crippen molar-refractivity contribution in [2.24, 2.45) is 0 Å². The summed E-state index contributed by atoms with van der Waals surface area (Å²) in [6.07, 6.45) is 0.